The number of nitrogens with zero attached hydrogens (tertiary/aromatic N) is 2. The van der Waals surface area contributed by atoms with Crippen molar-refractivity contribution in [3.8, 4) is 0 Å². The Morgan fingerprint density at radius 3 is 2.38 bits per heavy atom. The molecule has 1 spiro atoms. The van der Waals surface area contributed by atoms with Crippen molar-refractivity contribution in [2.24, 2.45) is 5.41 Å². The minimum atomic E-state index is 0.00452. The van der Waals surface area contributed by atoms with Gasteiger partial charge in [-0.25, -0.2) is 0 Å². The van der Waals surface area contributed by atoms with Gasteiger partial charge in [-0.2, -0.15) is 0 Å². The molecule has 0 radical (unpaired) electrons. The summed E-state index contributed by atoms with van der Waals surface area (Å²) in [5.41, 5.74) is 1.88. The molecule has 1 saturated carbocycles. The van der Waals surface area contributed by atoms with Crippen molar-refractivity contribution >= 4 is 5.91 Å². The van der Waals surface area contributed by atoms with Crippen LogP contribution in [0.1, 0.15) is 51.0 Å². The van der Waals surface area contributed by atoms with E-state index in [9.17, 15) is 4.79 Å². The van der Waals surface area contributed by atoms with Gasteiger partial charge in [-0.3, -0.25) is 9.69 Å². The van der Waals surface area contributed by atoms with E-state index >= 15 is 0 Å². The van der Waals surface area contributed by atoms with Crippen molar-refractivity contribution < 1.29 is 9.53 Å². The number of hydrogen-bond acceptors (Lipinski definition) is 3. The molecule has 1 aromatic rings. The van der Waals surface area contributed by atoms with Crippen LogP contribution in [0.25, 0.3) is 0 Å². The van der Waals surface area contributed by atoms with Crippen LogP contribution in [-0.2, 0) is 15.1 Å². The van der Waals surface area contributed by atoms with Gasteiger partial charge in [0, 0.05) is 25.7 Å². The lowest BCUT2D eigenvalue weighted by atomic mass is 9.64. The van der Waals surface area contributed by atoms with E-state index in [1.54, 1.807) is 7.11 Å². The molecule has 144 valence electrons. The Bertz CT molecular complexity index is 606. The topological polar surface area (TPSA) is 32.8 Å². The fraction of sp³-hybridized carbons (Fsp3) is 0.682. The summed E-state index contributed by atoms with van der Waals surface area (Å²) in [6, 6.07) is 10.9. The van der Waals surface area contributed by atoms with Crippen LogP contribution in [0, 0.1) is 5.41 Å². The first-order valence-corrected chi connectivity index (χ1v) is 9.94. The molecule has 26 heavy (non-hydrogen) atoms. The average molecular weight is 359 g/mol. The second-order valence-electron chi connectivity index (χ2n) is 8.61. The van der Waals surface area contributed by atoms with Crippen molar-refractivity contribution in [2.75, 3.05) is 34.3 Å². The Morgan fingerprint density at radius 1 is 1.15 bits per heavy atom. The van der Waals surface area contributed by atoms with E-state index in [0.29, 0.717) is 11.8 Å². The van der Waals surface area contributed by atoms with Gasteiger partial charge < -0.3 is 9.64 Å². The number of carbonyl (C=O) groups is 1. The highest BCUT2D eigenvalue weighted by Gasteiger charge is 2.48. The van der Waals surface area contributed by atoms with Crippen LogP contribution in [0.2, 0.25) is 0 Å². The van der Waals surface area contributed by atoms with Crippen LogP contribution in [-0.4, -0.2) is 56.1 Å². The summed E-state index contributed by atoms with van der Waals surface area (Å²) in [4.78, 5) is 17.0. The number of rotatable bonds is 5. The Hall–Kier alpha value is -1.39. The summed E-state index contributed by atoms with van der Waals surface area (Å²) >= 11 is 0. The highest BCUT2D eigenvalue weighted by Crippen LogP contribution is 2.51. The van der Waals surface area contributed by atoms with Crippen LogP contribution >= 0.6 is 0 Å². The predicted octanol–water partition coefficient (Wildman–Crippen LogP) is 3.66. The van der Waals surface area contributed by atoms with Crippen molar-refractivity contribution in [1.82, 2.24) is 9.80 Å². The van der Waals surface area contributed by atoms with Crippen molar-refractivity contribution in [2.45, 2.75) is 57.1 Å². The van der Waals surface area contributed by atoms with Crippen molar-refractivity contribution in [3.63, 3.8) is 0 Å². The van der Waals surface area contributed by atoms with E-state index < -0.39 is 0 Å². The summed E-state index contributed by atoms with van der Waals surface area (Å²) in [6.07, 6.45) is 6.38. The lowest BCUT2D eigenvalue weighted by Crippen LogP contribution is -2.47. The molecule has 1 amide bonds. The van der Waals surface area contributed by atoms with Crippen molar-refractivity contribution in [3.05, 3.63) is 35.9 Å². The first-order valence-electron chi connectivity index (χ1n) is 9.94. The zero-order chi connectivity index (χ0) is 18.8. The highest BCUT2D eigenvalue weighted by atomic mass is 16.5. The molecule has 4 nitrogen and oxygen atoms in total. The Morgan fingerprint density at radius 2 is 1.81 bits per heavy atom. The monoisotopic (exact) mass is 358 g/mol. The fourth-order valence-electron chi connectivity index (χ4n) is 4.95. The molecular formula is C22H34N2O2. The molecule has 0 aromatic heterocycles. The Labute approximate surface area is 158 Å². The predicted molar refractivity (Wildman–Crippen MR) is 105 cm³/mol. The first-order chi connectivity index (χ1) is 12.4. The molecule has 2 aliphatic rings. The van der Waals surface area contributed by atoms with Crippen LogP contribution in [0.4, 0.5) is 0 Å². The van der Waals surface area contributed by atoms with Gasteiger partial charge in [0.15, 0.2) is 0 Å². The molecule has 2 fully saturated rings. The number of hydrogen-bond donors (Lipinski definition) is 0. The molecule has 1 aliphatic carbocycles. The Kier molecular flexibility index (Phi) is 5.73. The van der Waals surface area contributed by atoms with Crippen LogP contribution < -0.4 is 0 Å². The lowest BCUT2D eigenvalue weighted by Gasteiger charge is -2.49. The van der Waals surface area contributed by atoms with E-state index in [2.05, 4.69) is 54.2 Å². The molecule has 1 unspecified atom stereocenters. The minimum absolute atomic E-state index is 0.00452. The minimum Gasteiger partial charge on any atom is -0.381 e. The largest absolute Gasteiger partial charge is 0.381 e. The molecule has 0 bridgehead atoms. The summed E-state index contributed by atoms with van der Waals surface area (Å²) in [5, 5.41) is 0. The van der Waals surface area contributed by atoms with Crippen LogP contribution in [0.5, 0.6) is 0 Å². The molecule has 1 aromatic carbocycles. The summed E-state index contributed by atoms with van der Waals surface area (Å²) < 4.78 is 5.27. The van der Waals surface area contributed by atoms with Gasteiger partial charge in [-0.05, 0) is 64.1 Å². The SMILES string of the molecule is COC(C)CC(=O)N1CCC2(CCC(c3ccccc3)(N(C)C)CC2)C1. The maximum absolute atomic E-state index is 12.5. The molecule has 3 rings (SSSR count). The number of methoxy groups -OCH3 is 1. The number of amides is 1. The smallest absolute Gasteiger partial charge is 0.225 e. The van der Waals surface area contributed by atoms with Gasteiger partial charge in [0.05, 0.1) is 12.5 Å². The lowest BCUT2D eigenvalue weighted by molar-refractivity contribution is -0.133. The molecule has 4 heteroatoms. The summed E-state index contributed by atoms with van der Waals surface area (Å²) in [5.74, 6) is 0.253. The summed E-state index contributed by atoms with van der Waals surface area (Å²) in [6.45, 7) is 3.81. The van der Waals surface area contributed by atoms with E-state index in [-0.39, 0.29) is 17.6 Å². The molecule has 1 heterocycles. The van der Waals surface area contributed by atoms with Gasteiger partial charge >= 0.3 is 0 Å². The van der Waals surface area contributed by atoms with Gasteiger partial charge in [0.25, 0.3) is 0 Å². The van der Waals surface area contributed by atoms with E-state index in [4.69, 9.17) is 4.74 Å². The fourth-order valence-corrected chi connectivity index (χ4v) is 4.95. The number of likely N-dealkylation sites (tertiary alicyclic amines) is 1. The molecule has 1 aliphatic heterocycles. The maximum Gasteiger partial charge on any atom is 0.225 e. The normalized spacial score (nSPS) is 30.1. The Balaban J connectivity index is 1.67. The maximum atomic E-state index is 12.5. The van der Waals surface area contributed by atoms with Gasteiger partial charge in [-0.1, -0.05) is 30.3 Å². The van der Waals surface area contributed by atoms with Gasteiger partial charge in [0.2, 0.25) is 5.91 Å². The van der Waals surface area contributed by atoms with Crippen LogP contribution in [0.15, 0.2) is 30.3 Å². The van der Waals surface area contributed by atoms with Gasteiger partial charge in [-0.15, -0.1) is 0 Å². The zero-order valence-corrected chi connectivity index (χ0v) is 16.8. The first kappa shape index (κ1) is 19.4. The van der Waals surface area contributed by atoms with E-state index in [1.165, 1.54) is 31.2 Å². The molecular weight excluding hydrogens is 324 g/mol. The van der Waals surface area contributed by atoms with Crippen molar-refractivity contribution in [1.29, 1.82) is 0 Å². The number of ether oxygens (including phenoxy) is 1. The quantitative estimate of drug-likeness (QED) is 0.805. The number of carbonyl (C=O) groups excluding carboxylic acids is 1. The third kappa shape index (κ3) is 3.67. The number of benzene rings is 1. The standard InChI is InChI=1S/C22H34N2O2/c1-18(26-4)16-20(25)24-15-14-21(17-24)10-12-22(13-11-21,23(2)3)19-8-6-5-7-9-19/h5-9,18H,10-17H2,1-4H3. The zero-order valence-electron chi connectivity index (χ0n) is 16.8. The average Bonchev–Trinajstić information content (AvgIpc) is 3.07. The molecule has 0 N–H and O–H groups in total. The van der Waals surface area contributed by atoms with E-state index in [1.807, 2.05) is 6.92 Å². The van der Waals surface area contributed by atoms with Crippen LogP contribution in [0.3, 0.4) is 0 Å². The summed E-state index contributed by atoms with van der Waals surface area (Å²) in [7, 11) is 6.10. The molecule has 1 saturated heterocycles. The second kappa shape index (κ2) is 7.69. The van der Waals surface area contributed by atoms with E-state index in [0.717, 1.165) is 19.5 Å². The highest BCUT2D eigenvalue weighted by molar-refractivity contribution is 5.77. The third-order valence-electron chi connectivity index (χ3n) is 6.96. The van der Waals surface area contributed by atoms with Gasteiger partial charge in [0.1, 0.15) is 0 Å². The third-order valence-corrected chi connectivity index (χ3v) is 6.96. The second-order valence-corrected chi connectivity index (χ2v) is 8.61. The molecule has 1 atom stereocenters.